The molecule has 0 unspecified atom stereocenters. The van der Waals surface area contributed by atoms with Gasteiger partial charge in [-0.3, -0.25) is 14.6 Å². The van der Waals surface area contributed by atoms with Crippen LogP contribution in [0, 0.1) is 11.8 Å². The first-order chi connectivity index (χ1) is 12.2. The van der Waals surface area contributed by atoms with E-state index < -0.39 is 0 Å². The van der Waals surface area contributed by atoms with Gasteiger partial charge in [0.2, 0.25) is 5.91 Å². The number of hydrogen-bond acceptors (Lipinski definition) is 4. The van der Waals surface area contributed by atoms with E-state index >= 15 is 0 Å². The Morgan fingerprint density at radius 2 is 1.88 bits per heavy atom. The van der Waals surface area contributed by atoms with Crippen molar-refractivity contribution in [2.45, 2.75) is 31.7 Å². The van der Waals surface area contributed by atoms with E-state index in [9.17, 15) is 9.59 Å². The maximum atomic E-state index is 13.0. The Kier molecular flexibility index (Phi) is 4.70. The summed E-state index contributed by atoms with van der Waals surface area (Å²) in [6.07, 6.45) is 5.38. The van der Waals surface area contributed by atoms with Gasteiger partial charge in [0.15, 0.2) is 0 Å². The minimum Gasteiger partial charge on any atom is -0.381 e. The minimum atomic E-state index is -0.0159. The van der Waals surface area contributed by atoms with Crippen LogP contribution in [0.1, 0.15) is 36.2 Å². The summed E-state index contributed by atoms with van der Waals surface area (Å²) < 4.78 is 5.39. The van der Waals surface area contributed by atoms with Crippen LogP contribution >= 0.6 is 0 Å². The van der Waals surface area contributed by atoms with Crippen molar-refractivity contribution in [2.24, 2.45) is 11.8 Å². The van der Waals surface area contributed by atoms with Crippen molar-refractivity contribution in [1.29, 1.82) is 0 Å². The molecule has 2 bridgehead atoms. The third-order valence-electron chi connectivity index (χ3n) is 5.74. The Hall–Kier alpha value is -1.95. The molecule has 5 heterocycles. The summed E-state index contributed by atoms with van der Waals surface area (Å²) >= 11 is 0. The van der Waals surface area contributed by atoms with Crippen molar-refractivity contribution in [2.75, 3.05) is 32.8 Å². The Morgan fingerprint density at radius 3 is 2.64 bits per heavy atom. The molecule has 0 N–H and O–H groups in total. The van der Waals surface area contributed by atoms with E-state index in [1.54, 1.807) is 12.3 Å². The van der Waals surface area contributed by atoms with E-state index in [1.807, 2.05) is 17.0 Å². The SMILES string of the molecule is O=C(c1ccccn1)N1C[C@@H]2CC[C@H](C1)N(C(=O)C1CCOCC1)C2. The molecule has 4 aliphatic heterocycles. The van der Waals surface area contributed by atoms with Crippen LogP contribution in [0.15, 0.2) is 24.4 Å². The summed E-state index contributed by atoms with van der Waals surface area (Å²) in [6, 6.07) is 5.56. The van der Waals surface area contributed by atoms with Crippen molar-refractivity contribution in [1.82, 2.24) is 14.8 Å². The predicted octanol–water partition coefficient (Wildman–Crippen LogP) is 1.57. The zero-order valence-electron chi connectivity index (χ0n) is 14.5. The van der Waals surface area contributed by atoms with Crippen molar-refractivity contribution >= 4 is 11.8 Å². The second-order valence-electron chi connectivity index (χ2n) is 7.40. The molecular formula is C19H25N3O3. The summed E-state index contributed by atoms with van der Waals surface area (Å²) in [4.78, 5) is 34.0. The fourth-order valence-corrected chi connectivity index (χ4v) is 4.35. The number of aromatic nitrogens is 1. The van der Waals surface area contributed by atoms with Gasteiger partial charge in [0, 0.05) is 51.0 Å². The zero-order chi connectivity index (χ0) is 17.2. The topological polar surface area (TPSA) is 62.7 Å². The van der Waals surface area contributed by atoms with Crippen LogP contribution in [0.2, 0.25) is 0 Å². The molecule has 6 heteroatoms. The number of rotatable bonds is 2. The molecule has 5 rings (SSSR count). The molecule has 2 amide bonds. The Labute approximate surface area is 148 Å². The van der Waals surface area contributed by atoms with Crippen LogP contribution in [0.5, 0.6) is 0 Å². The van der Waals surface area contributed by atoms with Gasteiger partial charge in [-0.05, 0) is 43.7 Å². The lowest BCUT2D eigenvalue weighted by Gasteiger charge is -2.38. The van der Waals surface area contributed by atoms with Crippen LogP contribution in [0.3, 0.4) is 0 Å². The molecule has 4 fully saturated rings. The van der Waals surface area contributed by atoms with Gasteiger partial charge in [-0.2, -0.15) is 0 Å². The third kappa shape index (κ3) is 3.40. The molecule has 4 aliphatic rings. The number of pyridine rings is 1. The van der Waals surface area contributed by atoms with E-state index in [-0.39, 0.29) is 23.8 Å². The van der Waals surface area contributed by atoms with Crippen LogP contribution in [0.25, 0.3) is 0 Å². The van der Waals surface area contributed by atoms with Gasteiger partial charge >= 0.3 is 0 Å². The normalized spacial score (nSPS) is 27.2. The fraction of sp³-hybridized carbons (Fsp3) is 0.632. The zero-order valence-corrected chi connectivity index (χ0v) is 14.5. The second kappa shape index (κ2) is 7.12. The van der Waals surface area contributed by atoms with Crippen molar-refractivity contribution in [3.05, 3.63) is 30.1 Å². The molecular weight excluding hydrogens is 318 g/mol. The number of fused-ring (bicyclic) bond motifs is 4. The first-order valence-electron chi connectivity index (χ1n) is 9.31. The molecule has 1 aromatic rings. The second-order valence-corrected chi connectivity index (χ2v) is 7.40. The number of amides is 2. The first kappa shape index (κ1) is 16.5. The van der Waals surface area contributed by atoms with E-state index in [4.69, 9.17) is 4.74 Å². The molecule has 134 valence electrons. The van der Waals surface area contributed by atoms with Gasteiger partial charge in [-0.1, -0.05) is 6.07 Å². The number of carbonyl (C=O) groups excluding carboxylic acids is 2. The highest BCUT2D eigenvalue weighted by Gasteiger charge is 2.40. The predicted molar refractivity (Wildman–Crippen MR) is 91.9 cm³/mol. The fourth-order valence-electron chi connectivity index (χ4n) is 4.35. The summed E-state index contributed by atoms with van der Waals surface area (Å²) in [6.45, 7) is 3.50. The molecule has 0 radical (unpaired) electrons. The standard InChI is InChI=1S/C19H25N3O3/c23-18(15-6-9-25-10-7-15)22-12-14-4-5-16(22)13-21(11-14)19(24)17-3-1-2-8-20-17/h1-3,8,14-16H,4-7,9-13H2/t14-,16+/m0/s1. The van der Waals surface area contributed by atoms with Crippen LogP contribution < -0.4 is 0 Å². The van der Waals surface area contributed by atoms with Gasteiger partial charge < -0.3 is 14.5 Å². The van der Waals surface area contributed by atoms with Crippen LogP contribution in [0.4, 0.5) is 0 Å². The Bertz CT molecular complexity index is 630. The molecule has 25 heavy (non-hydrogen) atoms. The van der Waals surface area contributed by atoms with Gasteiger partial charge in [-0.15, -0.1) is 0 Å². The maximum Gasteiger partial charge on any atom is 0.272 e. The summed E-state index contributed by atoms with van der Waals surface area (Å²) in [5.74, 6) is 0.714. The average molecular weight is 343 g/mol. The molecule has 1 aromatic heterocycles. The highest BCUT2D eigenvalue weighted by molar-refractivity contribution is 5.92. The number of ether oxygens (including phenoxy) is 1. The lowest BCUT2D eigenvalue weighted by molar-refractivity contribution is -0.142. The summed E-state index contributed by atoms with van der Waals surface area (Å²) in [5.41, 5.74) is 0.492. The van der Waals surface area contributed by atoms with Crippen molar-refractivity contribution in [3.8, 4) is 0 Å². The van der Waals surface area contributed by atoms with E-state index in [1.165, 1.54) is 0 Å². The van der Waals surface area contributed by atoms with E-state index in [0.29, 0.717) is 31.4 Å². The summed E-state index contributed by atoms with van der Waals surface area (Å²) in [5, 5.41) is 0. The molecule has 2 atom stereocenters. The molecule has 6 nitrogen and oxygen atoms in total. The molecule has 0 spiro atoms. The van der Waals surface area contributed by atoms with Crippen LogP contribution in [-0.2, 0) is 9.53 Å². The lowest BCUT2D eigenvalue weighted by Crippen LogP contribution is -2.50. The van der Waals surface area contributed by atoms with Gasteiger partial charge in [0.05, 0.1) is 0 Å². The number of piperidine rings is 1. The van der Waals surface area contributed by atoms with Gasteiger partial charge in [0.1, 0.15) is 5.69 Å². The smallest absolute Gasteiger partial charge is 0.272 e. The Morgan fingerprint density at radius 1 is 1.04 bits per heavy atom. The minimum absolute atomic E-state index is 0.0159. The molecule has 4 saturated heterocycles. The molecule has 0 aliphatic carbocycles. The quantitative estimate of drug-likeness (QED) is 0.818. The first-order valence-corrected chi connectivity index (χ1v) is 9.31. The van der Waals surface area contributed by atoms with E-state index in [2.05, 4.69) is 9.88 Å². The largest absolute Gasteiger partial charge is 0.381 e. The number of nitrogens with zero attached hydrogens (tertiary/aromatic N) is 3. The average Bonchev–Trinajstić information content (AvgIpc) is 3.00. The van der Waals surface area contributed by atoms with Crippen molar-refractivity contribution in [3.63, 3.8) is 0 Å². The monoisotopic (exact) mass is 343 g/mol. The molecule has 0 aromatic carbocycles. The van der Waals surface area contributed by atoms with Gasteiger partial charge in [-0.25, -0.2) is 0 Å². The van der Waals surface area contributed by atoms with Crippen molar-refractivity contribution < 1.29 is 14.3 Å². The highest BCUT2D eigenvalue weighted by atomic mass is 16.5. The van der Waals surface area contributed by atoms with E-state index in [0.717, 1.165) is 38.8 Å². The van der Waals surface area contributed by atoms with Gasteiger partial charge in [0.25, 0.3) is 5.91 Å². The number of hydrogen-bond donors (Lipinski definition) is 0. The molecule has 0 saturated carbocycles. The van der Waals surface area contributed by atoms with Crippen LogP contribution in [-0.4, -0.2) is 65.5 Å². The summed E-state index contributed by atoms with van der Waals surface area (Å²) in [7, 11) is 0. The highest BCUT2D eigenvalue weighted by Crippen LogP contribution is 2.31. The maximum absolute atomic E-state index is 13.0. The Balaban J connectivity index is 1.48. The number of carbonyl (C=O) groups is 2. The lowest BCUT2D eigenvalue weighted by atomic mass is 9.91. The third-order valence-corrected chi connectivity index (χ3v) is 5.74.